The van der Waals surface area contributed by atoms with E-state index in [0.717, 1.165) is 36.6 Å². The molecule has 3 aliphatic heterocycles. The summed E-state index contributed by atoms with van der Waals surface area (Å²) in [5.41, 5.74) is 2.28. The number of nitrogens with zero attached hydrogens (tertiary/aromatic N) is 5. The molecule has 5 rings (SSSR count). The lowest BCUT2D eigenvalue weighted by atomic mass is 9.91. The van der Waals surface area contributed by atoms with Crippen molar-refractivity contribution in [3.8, 4) is 0 Å². The maximum Gasteiger partial charge on any atom is 0.410 e. The van der Waals surface area contributed by atoms with Gasteiger partial charge in [0.15, 0.2) is 0 Å². The number of hydrogen-bond acceptors (Lipinski definition) is 7. The van der Waals surface area contributed by atoms with Crippen LogP contribution in [0.4, 0.5) is 14.9 Å². The molecule has 1 aromatic carbocycles. The first-order valence-electron chi connectivity index (χ1n) is 14.9. The maximum atomic E-state index is 14.4. The molecule has 1 unspecified atom stereocenters. The van der Waals surface area contributed by atoms with E-state index in [1.807, 2.05) is 37.8 Å². The summed E-state index contributed by atoms with van der Waals surface area (Å²) in [5, 5.41) is 0. The van der Waals surface area contributed by atoms with Gasteiger partial charge in [0.2, 0.25) is 5.91 Å². The van der Waals surface area contributed by atoms with E-state index in [1.165, 1.54) is 6.07 Å². The molecule has 1 atom stereocenters. The van der Waals surface area contributed by atoms with E-state index < -0.39 is 5.60 Å². The first kappa shape index (κ1) is 30.4. The van der Waals surface area contributed by atoms with Crippen LogP contribution < -0.4 is 4.90 Å². The molecule has 42 heavy (non-hydrogen) atoms. The van der Waals surface area contributed by atoms with Crippen molar-refractivity contribution >= 4 is 17.7 Å². The van der Waals surface area contributed by atoms with Gasteiger partial charge in [-0.1, -0.05) is 32.0 Å². The predicted molar refractivity (Wildman–Crippen MR) is 159 cm³/mol. The molecule has 0 saturated carbocycles. The number of fused-ring (bicyclic) bond motifs is 1. The van der Waals surface area contributed by atoms with Gasteiger partial charge in [0, 0.05) is 69.9 Å². The summed E-state index contributed by atoms with van der Waals surface area (Å²) in [6, 6.07) is 8.73. The lowest BCUT2D eigenvalue weighted by Gasteiger charge is -2.44. The van der Waals surface area contributed by atoms with Crippen LogP contribution in [0.15, 0.2) is 36.5 Å². The zero-order valence-corrected chi connectivity index (χ0v) is 25.6. The lowest BCUT2D eigenvalue weighted by molar-refractivity contribution is -0.121. The van der Waals surface area contributed by atoms with E-state index >= 15 is 0 Å². The van der Waals surface area contributed by atoms with Gasteiger partial charge >= 0.3 is 6.09 Å². The number of pyridine rings is 1. The van der Waals surface area contributed by atoms with Gasteiger partial charge in [0.05, 0.1) is 31.1 Å². The fourth-order valence-corrected chi connectivity index (χ4v) is 6.07. The molecule has 2 saturated heterocycles. The van der Waals surface area contributed by atoms with Crippen molar-refractivity contribution in [1.82, 2.24) is 19.7 Å². The molecule has 2 amide bonds. The standard InChI is InChI=1S/C32H44FN5O4/c1-31(2,3)42-30(40)37-11-10-36(25(20-37)19-35-12-14-41-15-13-35)21-28(39)38-22-32(4,5)29-27(38)17-23(18-34-29)16-24-8-6-7-9-26(24)33/h6-9,17-18,25H,10-16,19-22H2,1-5H3. The second kappa shape index (κ2) is 12.3. The predicted octanol–water partition coefficient (Wildman–Crippen LogP) is 3.69. The highest BCUT2D eigenvalue weighted by molar-refractivity contribution is 5.97. The Balaban J connectivity index is 1.33. The molecule has 10 heteroatoms. The van der Waals surface area contributed by atoms with Gasteiger partial charge < -0.3 is 19.3 Å². The van der Waals surface area contributed by atoms with Crippen molar-refractivity contribution in [2.75, 3.05) is 70.5 Å². The first-order valence-corrected chi connectivity index (χ1v) is 14.9. The third kappa shape index (κ3) is 7.10. The van der Waals surface area contributed by atoms with Gasteiger partial charge in [-0.15, -0.1) is 0 Å². The summed E-state index contributed by atoms with van der Waals surface area (Å²) in [6.45, 7) is 15.9. The Morgan fingerprint density at radius 2 is 1.86 bits per heavy atom. The quantitative estimate of drug-likeness (QED) is 0.515. The van der Waals surface area contributed by atoms with E-state index in [-0.39, 0.29) is 35.8 Å². The highest BCUT2D eigenvalue weighted by Gasteiger charge is 2.41. The van der Waals surface area contributed by atoms with Gasteiger partial charge in [-0.05, 0) is 44.0 Å². The number of carbonyl (C=O) groups is 2. The van der Waals surface area contributed by atoms with Gasteiger partial charge in [-0.2, -0.15) is 0 Å². The average molecular weight is 582 g/mol. The zero-order chi connectivity index (χ0) is 30.1. The molecule has 1 aromatic heterocycles. The molecular formula is C32H44FN5O4. The SMILES string of the molecule is CC(C)(C)OC(=O)N1CCN(CC(=O)N2CC(C)(C)c3ncc(Cc4ccccc4F)cc32)C(CN2CCOCC2)C1. The van der Waals surface area contributed by atoms with Gasteiger partial charge in [-0.25, -0.2) is 9.18 Å². The largest absolute Gasteiger partial charge is 0.444 e. The number of ether oxygens (including phenoxy) is 2. The smallest absolute Gasteiger partial charge is 0.410 e. The van der Waals surface area contributed by atoms with Crippen molar-refractivity contribution < 1.29 is 23.5 Å². The molecule has 0 spiro atoms. The van der Waals surface area contributed by atoms with Crippen molar-refractivity contribution in [1.29, 1.82) is 0 Å². The second-order valence-corrected chi connectivity index (χ2v) is 13.3. The van der Waals surface area contributed by atoms with Crippen LogP contribution in [-0.4, -0.2) is 109 Å². The van der Waals surface area contributed by atoms with Crippen LogP contribution in [0.25, 0.3) is 0 Å². The Morgan fingerprint density at radius 1 is 1.12 bits per heavy atom. The molecule has 4 heterocycles. The zero-order valence-electron chi connectivity index (χ0n) is 25.6. The van der Waals surface area contributed by atoms with Crippen LogP contribution in [0, 0.1) is 5.82 Å². The van der Waals surface area contributed by atoms with E-state index in [2.05, 4.69) is 23.6 Å². The molecule has 0 aliphatic carbocycles. The van der Waals surface area contributed by atoms with E-state index in [0.29, 0.717) is 51.4 Å². The van der Waals surface area contributed by atoms with Crippen LogP contribution in [-0.2, 0) is 26.1 Å². The molecule has 2 fully saturated rings. The molecule has 0 bridgehead atoms. The molecule has 9 nitrogen and oxygen atoms in total. The van der Waals surface area contributed by atoms with Crippen LogP contribution >= 0.6 is 0 Å². The summed E-state index contributed by atoms with van der Waals surface area (Å²) < 4.78 is 25.6. The highest BCUT2D eigenvalue weighted by atomic mass is 19.1. The average Bonchev–Trinajstić information content (AvgIpc) is 3.20. The molecule has 0 N–H and O–H groups in total. The Bertz CT molecular complexity index is 1290. The van der Waals surface area contributed by atoms with Crippen LogP contribution in [0.5, 0.6) is 0 Å². The number of halogens is 1. The van der Waals surface area contributed by atoms with Crippen LogP contribution in [0.2, 0.25) is 0 Å². The fraction of sp³-hybridized carbons (Fsp3) is 0.594. The molecule has 3 aliphatic rings. The number of benzene rings is 1. The maximum absolute atomic E-state index is 14.4. The number of hydrogen-bond donors (Lipinski definition) is 0. The second-order valence-electron chi connectivity index (χ2n) is 13.3. The van der Waals surface area contributed by atoms with Crippen LogP contribution in [0.3, 0.4) is 0 Å². The van der Waals surface area contributed by atoms with Crippen molar-refractivity contribution in [2.45, 2.75) is 58.1 Å². The number of piperazine rings is 1. The van der Waals surface area contributed by atoms with Crippen molar-refractivity contribution in [2.24, 2.45) is 0 Å². The summed E-state index contributed by atoms with van der Waals surface area (Å²) in [5.74, 6) is -0.243. The minimum absolute atomic E-state index is 0.00404. The Morgan fingerprint density at radius 3 is 2.57 bits per heavy atom. The Labute approximate surface area is 248 Å². The monoisotopic (exact) mass is 581 g/mol. The molecule has 2 aromatic rings. The summed E-state index contributed by atoms with van der Waals surface area (Å²) in [6.07, 6.45) is 1.89. The first-order chi connectivity index (χ1) is 19.9. The number of morpholine rings is 1. The number of amides is 2. The lowest BCUT2D eigenvalue weighted by Crippen LogP contribution is -2.61. The minimum Gasteiger partial charge on any atom is -0.444 e. The summed E-state index contributed by atoms with van der Waals surface area (Å²) in [7, 11) is 0. The third-order valence-corrected chi connectivity index (χ3v) is 8.23. The van der Waals surface area contributed by atoms with Crippen molar-refractivity contribution in [3.05, 3.63) is 59.2 Å². The minimum atomic E-state index is -0.570. The number of carbonyl (C=O) groups excluding carboxylic acids is 2. The Kier molecular flexibility index (Phi) is 8.87. The summed E-state index contributed by atoms with van der Waals surface area (Å²) >= 11 is 0. The number of aromatic nitrogens is 1. The Hall–Kier alpha value is -3.08. The molecule has 0 radical (unpaired) electrons. The van der Waals surface area contributed by atoms with Crippen LogP contribution in [0.1, 0.15) is 51.4 Å². The van der Waals surface area contributed by atoms with Gasteiger partial charge in [-0.3, -0.25) is 19.6 Å². The fourth-order valence-electron chi connectivity index (χ4n) is 6.07. The number of rotatable bonds is 6. The highest BCUT2D eigenvalue weighted by Crippen LogP contribution is 2.40. The summed E-state index contributed by atoms with van der Waals surface area (Å²) in [4.78, 5) is 39.8. The number of anilines is 1. The van der Waals surface area contributed by atoms with E-state index in [4.69, 9.17) is 14.5 Å². The van der Waals surface area contributed by atoms with E-state index in [9.17, 15) is 14.0 Å². The van der Waals surface area contributed by atoms with Crippen molar-refractivity contribution in [3.63, 3.8) is 0 Å². The molecule has 228 valence electrons. The topological polar surface area (TPSA) is 78.5 Å². The molecular weight excluding hydrogens is 537 g/mol. The van der Waals surface area contributed by atoms with Gasteiger partial charge in [0.1, 0.15) is 11.4 Å². The van der Waals surface area contributed by atoms with Gasteiger partial charge in [0.25, 0.3) is 0 Å². The third-order valence-electron chi connectivity index (χ3n) is 8.23. The normalized spacial score (nSPS) is 21.3. The van der Waals surface area contributed by atoms with E-state index in [1.54, 1.807) is 23.2 Å².